The van der Waals surface area contributed by atoms with Crippen LogP contribution in [0, 0.1) is 0 Å². The van der Waals surface area contributed by atoms with Crippen molar-refractivity contribution in [1.82, 2.24) is 15.2 Å². The number of benzene rings is 1. The third-order valence-corrected chi connectivity index (χ3v) is 2.81. The molecule has 2 heterocycles. The Hall–Kier alpha value is -2.15. The number of fused-ring (bicyclic) bond motifs is 1. The molecule has 0 fully saturated rings. The van der Waals surface area contributed by atoms with Gasteiger partial charge in [0.15, 0.2) is 0 Å². The average Bonchev–Trinajstić information content (AvgIpc) is 2.87. The van der Waals surface area contributed by atoms with E-state index in [0.717, 1.165) is 15.9 Å². The van der Waals surface area contributed by atoms with Gasteiger partial charge in [0.1, 0.15) is 0 Å². The van der Waals surface area contributed by atoms with Gasteiger partial charge in [-0.3, -0.25) is 0 Å². The van der Waals surface area contributed by atoms with Crippen molar-refractivity contribution in [2.45, 2.75) is 0 Å². The molecule has 0 saturated heterocycles. The molecule has 0 spiro atoms. The van der Waals surface area contributed by atoms with Crippen molar-refractivity contribution in [3.8, 4) is 0 Å². The van der Waals surface area contributed by atoms with Gasteiger partial charge in [0.25, 0.3) is 0 Å². The maximum atomic E-state index is 5.32. The Labute approximate surface area is 94.1 Å². The Bertz CT molecular complexity index is 631. The zero-order valence-electron chi connectivity index (χ0n) is 8.04. The number of nitrogens with one attached hydrogen (secondary N) is 1. The van der Waals surface area contributed by atoms with Crippen LogP contribution in [-0.2, 0) is 0 Å². The number of aromatic nitrogens is 3. The van der Waals surface area contributed by atoms with Crippen molar-refractivity contribution >= 4 is 39.3 Å². The molecule has 3 rings (SSSR count). The first-order valence-corrected chi connectivity index (χ1v) is 5.38. The minimum Gasteiger partial charge on any atom is -0.389 e. The summed E-state index contributed by atoms with van der Waals surface area (Å²) in [5.74, 6) is 0. The Kier molecular flexibility index (Phi) is 1.97. The van der Waals surface area contributed by atoms with Crippen LogP contribution in [0.1, 0.15) is 0 Å². The van der Waals surface area contributed by atoms with E-state index in [1.54, 1.807) is 16.8 Å². The van der Waals surface area contributed by atoms with E-state index in [0.29, 0.717) is 0 Å². The lowest BCUT2D eigenvalue weighted by molar-refractivity contribution is 0.593. The summed E-state index contributed by atoms with van der Waals surface area (Å²) in [7, 11) is 0. The second kappa shape index (κ2) is 3.46. The molecule has 0 bridgehead atoms. The van der Waals surface area contributed by atoms with E-state index in [9.17, 15) is 0 Å². The summed E-state index contributed by atoms with van der Waals surface area (Å²) in [6, 6.07) is 6.10. The largest absolute Gasteiger partial charge is 0.389 e. The molecule has 16 heavy (non-hydrogen) atoms. The smallest absolute Gasteiger partial charge is 0.321 e. The monoisotopic (exact) mass is 233 g/mol. The molecule has 2 aromatic heterocycles. The van der Waals surface area contributed by atoms with Crippen LogP contribution in [0.15, 0.2) is 28.1 Å². The molecule has 0 unspecified atom stereocenters. The van der Waals surface area contributed by atoms with Gasteiger partial charge in [-0.2, -0.15) is 0 Å². The van der Waals surface area contributed by atoms with E-state index in [1.807, 2.05) is 18.2 Å². The van der Waals surface area contributed by atoms with Crippen molar-refractivity contribution in [3.63, 3.8) is 0 Å². The van der Waals surface area contributed by atoms with Crippen LogP contribution in [0.3, 0.4) is 0 Å². The molecule has 6 nitrogen and oxygen atoms in total. The topological polar surface area (TPSA) is 89.9 Å². The number of nitrogens with two attached hydrogens (primary N) is 1. The van der Waals surface area contributed by atoms with E-state index < -0.39 is 0 Å². The zero-order valence-corrected chi connectivity index (χ0v) is 8.86. The summed E-state index contributed by atoms with van der Waals surface area (Å²) in [6.07, 6.45) is 0. The van der Waals surface area contributed by atoms with Crippen molar-refractivity contribution < 1.29 is 4.42 Å². The summed E-state index contributed by atoms with van der Waals surface area (Å²) >= 11 is 1.57. The summed E-state index contributed by atoms with van der Waals surface area (Å²) in [5.41, 5.74) is 8.96. The van der Waals surface area contributed by atoms with Gasteiger partial charge in [-0.25, -0.2) is 4.98 Å². The molecule has 0 atom stereocenters. The molecule has 3 N–H and O–H groups in total. The Balaban J connectivity index is 1.94. The molecule has 3 aromatic rings. The fourth-order valence-electron chi connectivity index (χ4n) is 1.34. The maximum Gasteiger partial charge on any atom is 0.321 e. The van der Waals surface area contributed by atoms with E-state index in [1.165, 1.54) is 0 Å². The first kappa shape index (κ1) is 9.10. The highest BCUT2D eigenvalue weighted by Gasteiger charge is 2.04. The number of nitrogens with zero attached hydrogens (tertiary/aromatic N) is 3. The molecule has 80 valence electrons. The predicted octanol–water partition coefficient (Wildman–Crippen LogP) is 2.01. The van der Waals surface area contributed by atoms with Gasteiger partial charge in [0, 0.05) is 5.69 Å². The van der Waals surface area contributed by atoms with Crippen LogP contribution in [0.5, 0.6) is 0 Å². The van der Waals surface area contributed by atoms with Gasteiger partial charge in [-0.05, 0) is 18.2 Å². The highest BCUT2D eigenvalue weighted by Crippen LogP contribution is 2.23. The van der Waals surface area contributed by atoms with Gasteiger partial charge >= 0.3 is 12.0 Å². The van der Waals surface area contributed by atoms with Crippen LogP contribution in [0.25, 0.3) is 10.2 Å². The quantitative estimate of drug-likeness (QED) is 0.703. The van der Waals surface area contributed by atoms with Gasteiger partial charge in [0.05, 0.1) is 15.7 Å². The van der Waals surface area contributed by atoms with Crippen LogP contribution in [0.2, 0.25) is 0 Å². The number of thiazole rings is 1. The van der Waals surface area contributed by atoms with Crippen molar-refractivity contribution in [1.29, 1.82) is 0 Å². The van der Waals surface area contributed by atoms with E-state index in [4.69, 9.17) is 10.2 Å². The van der Waals surface area contributed by atoms with Crippen LogP contribution in [0.4, 0.5) is 17.7 Å². The summed E-state index contributed by atoms with van der Waals surface area (Å²) < 4.78 is 6.11. The predicted molar refractivity (Wildman–Crippen MR) is 61.6 cm³/mol. The van der Waals surface area contributed by atoms with Crippen LogP contribution >= 0.6 is 11.3 Å². The number of rotatable bonds is 2. The van der Waals surface area contributed by atoms with Crippen molar-refractivity contribution in [2.24, 2.45) is 0 Å². The van der Waals surface area contributed by atoms with Crippen LogP contribution in [-0.4, -0.2) is 15.2 Å². The Morgan fingerprint density at radius 3 is 3.06 bits per heavy atom. The molecule has 0 aliphatic rings. The molecule has 0 amide bonds. The zero-order chi connectivity index (χ0) is 11.0. The number of hydrogen-bond acceptors (Lipinski definition) is 7. The van der Waals surface area contributed by atoms with Gasteiger partial charge in [-0.1, -0.05) is 10.2 Å². The second-order valence-electron chi connectivity index (χ2n) is 3.11. The van der Waals surface area contributed by atoms with Gasteiger partial charge < -0.3 is 15.5 Å². The standard InChI is InChI=1S/C9H7N5OS/c10-8-13-14-9(15-8)12-5-1-2-6-7(3-5)16-4-11-6/h1-4H,(H2,10,13)(H,12,14). The van der Waals surface area contributed by atoms with E-state index >= 15 is 0 Å². The second-order valence-corrected chi connectivity index (χ2v) is 3.99. The number of nitrogen functional groups attached to an aromatic ring is 1. The Morgan fingerprint density at radius 1 is 1.31 bits per heavy atom. The fraction of sp³-hybridized carbons (Fsp3) is 0. The highest BCUT2D eigenvalue weighted by molar-refractivity contribution is 7.16. The van der Waals surface area contributed by atoms with E-state index in [2.05, 4.69) is 20.5 Å². The molecule has 0 saturated carbocycles. The number of anilines is 3. The van der Waals surface area contributed by atoms with Crippen LogP contribution < -0.4 is 11.1 Å². The first-order chi connectivity index (χ1) is 7.81. The SMILES string of the molecule is Nc1nnc(Nc2ccc3ncsc3c2)o1. The maximum absolute atomic E-state index is 5.32. The molecule has 1 aromatic carbocycles. The average molecular weight is 233 g/mol. The molecule has 7 heteroatoms. The fourth-order valence-corrected chi connectivity index (χ4v) is 2.06. The van der Waals surface area contributed by atoms with Gasteiger partial charge in [-0.15, -0.1) is 11.3 Å². The number of hydrogen-bond donors (Lipinski definition) is 2. The molecular formula is C9H7N5OS. The molecule has 0 aliphatic carbocycles. The summed E-state index contributed by atoms with van der Waals surface area (Å²) in [4.78, 5) is 4.19. The lowest BCUT2D eigenvalue weighted by Crippen LogP contribution is -1.89. The minimum absolute atomic E-state index is 0.0429. The summed E-state index contributed by atoms with van der Waals surface area (Å²) in [6.45, 7) is 0. The van der Waals surface area contributed by atoms with Gasteiger partial charge in [0.2, 0.25) is 0 Å². The van der Waals surface area contributed by atoms with E-state index in [-0.39, 0.29) is 12.0 Å². The lowest BCUT2D eigenvalue weighted by Gasteiger charge is -1.99. The summed E-state index contributed by atoms with van der Waals surface area (Å²) in [5, 5.41) is 10.2. The molecular weight excluding hydrogens is 226 g/mol. The lowest BCUT2D eigenvalue weighted by atomic mass is 10.3. The highest BCUT2D eigenvalue weighted by atomic mass is 32.1. The molecule has 0 radical (unpaired) electrons. The first-order valence-electron chi connectivity index (χ1n) is 4.50. The molecule has 0 aliphatic heterocycles. The minimum atomic E-state index is 0.0429. The third-order valence-electron chi connectivity index (χ3n) is 2.02. The van der Waals surface area contributed by atoms with Crippen molar-refractivity contribution in [2.75, 3.05) is 11.1 Å². The van der Waals surface area contributed by atoms with Crippen molar-refractivity contribution in [3.05, 3.63) is 23.7 Å². The Morgan fingerprint density at radius 2 is 2.25 bits per heavy atom. The third kappa shape index (κ3) is 1.57. The normalized spacial score (nSPS) is 10.8.